The van der Waals surface area contributed by atoms with Crippen LogP contribution in [0.25, 0.3) is 0 Å². The third kappa shape index (κ3) is 2.59. The van der Waals surface area contributed by atoms with E-state index in [1.807, 2.05) is 26.0 Å². The molecule has 0 bridgehead atoms. The highest BCUT2D eigenvalue weighted by atomic mass is 32.1. The fraction of sp³-hybridized carbons (Fsp3) is 0.500. The number of nitrogens with zero attached hydrogens (tertiary/aromatic N) is 3. The Balaban J connectivity index is 1.55. The van der Waals surface area contributed by atoms with Crippen molar-refractivity contribution in [2.45, 2.75) is 45.6 Å². The highest BCUT2D eigenvalue weighted by Gasteiger charge is 2.43. The first-order valence-corrected chi connectivity index (χ1v) is 9.16. The molecule has 0 N–H and O–H groups in total. The van der Waals surface area contributed by atoms with Crippen LogP contribution < -0.4 is 9.64 Å². The number of anilines is 1. The van der Waals surface area contributed by atoms with Gasteiger partial charge >= 0.3 is 0 Å². The molecule has 3 heterocycles. The Hall–Kier alpha value is -1.95. The smallest absolute Gasteiger partial charge is 0.208 e. The van der Waals surface area contributed by atoms with Crippen molar-refractivity contribution in [2.24, 2.45) is 0 Å². The molecule has 2 aromatic rings. The van der Waals surface area contributed by atoms with Crippen LogP contribution in [0.1, 0.15) is 45.8 Å². The molecule has 4 rings (SSSR count). The van der Waals surface area contributed by atoms with Crippen molar-refractivity contribution in [1.29, 1.82) is 0 Å². The van der Waals surface area contributed by atoms with Gasteiger partial charge in [-0.05, 0) is 44.0 Å². The zero-order valence-electron chi connectivity index (χ0n) is 14.3. The summed E-state index contributed by atoms with van der Waals surface area (Å²) in [5, 5.41) is 10.3. The first-order chi connectivity index (χ1) is 11.5. The zero-order chi connectivity index (χ0) is 16.9. The molecule has 0 aliphatic carbocycles. The molecule has 0 atom stereocenters. The minimum Gasteiger partial charge on any atom is -0.486 e. The number of piperidine rings is 1. The molecule has 24 heavy (non-hydrogen) atoms. The fourth-order valence-corrected chi connectivity index (χ4v) is 4.29. The summed E-state index contributed by atoms with van der Waals surface area (Å²) in [5.41, 5.74) is 2.69. The van der Waals surface area contributed by atoms with E-state index < -0.39 is 0 Å². The van der Waals surface area contributed by atoms with Crippen LogP contribution in [0.3, 0.4) is 0 Å². The van der Waals surface area contributed by atoms with Crippen molar-refractivity contribution >= 4 is 22.3 Å². The molecule has 6 heteroatoms. The molecule has 1 aromatic carbocycles. The maximum Gasteiger partial charge on any atom is 0.208 e. The summed E-state index contributed by atoms with van der Waals surface area (Å²) in [6.07, 6.45) is 2.15. The molecular formula is C18H21N3O2S. The van der Waals surface area contributed by atoms with Gasteiger partial charge in [-0.25, -0.2) is 0 Å². The van der Waals surface area contributed by atoms with Crippen LogP contribution in [-0.4, -0.2) is 34.7 Å². The molecule has 1 saturated heterocycles. The second-order valence-corrected chi connectivity index (χ2v) is 8.07. The number of Topliss-reactive ketones (excluding diaryl/α,β-unsaturated/α-hetero) is 1. The Morgan fingerprint density at radius 2 is 1.83 bits per heavy atom. The molecule has 5 nitrogen and oxygen atoms in total. The van der Waals surface area contributed by atoms with E-state index in [1.165, 1.54) is 5.56 Å². The molecule has 1 aromatic heterocycles. The normalized spacial score (nSPS) is 19.3. The van der Waals surface area contributed by atoms with Gasteiger partial charge in [0, 0.05) is 25.9 Å². The zero-order valence-corrected chi connectivity index (χ0v) is 15.1. The van der Waals surface area contributed by atoms with Crippen molar-refractivity contribution < 1.29 is 9.53 Å². The number of hydrogen-bond donors (Lipinski definition) is 0. The number of hydrogen-bond acceptors (Lipinski definition) is 6. The van der Waals surface area contributed by atoms with Gasteiger partial charge in [0.25, 0.3) is 0 Å². The van der Waals surface area contributed by atoms with Crippen molar-refractivity contribution in [1.82, 2.24) is 10.2 Å². The maximum atomic E-state index is 12.7. The van der Waals surface area contributed by atoms with Gasteiger partial charge in [0.15, 0.2) is 5.78 Å². The van der Waals surface area contributed by atoms with E-state index in [0.29, 0.717) is 6.42 Å². The number of aromatic nitrogens is 2. The highest BCUT2D eigenvalue weighted by molar-refractivity contribution is 7.15. The maximum absolute atomic E-state index is 12.7. The Bertz CT molecular complexity index is 807. The van der Waals surface area contributed by atoms with E-state index in [9.17, 15) is 4.79 Å². The van der Waals surface area contributed by atoms with Crippen LogP contribution in [0.5, 0.6) is 5.75 Å². The number of rotatable bonds is 1. The SMILES string of the molecule is Cc1nnc(N2CCC3(CC2)CC(=O)c2cc(C)c(C)cc2O3)s1. The van der Waals surface area contributed by atoms with Gasteiger partial charge < -0.3 is 9.64 Å². The number of carbonyl (C=O) groups excluding carboxylic acids is 1. The first kappa shape index (κ1) is 15.6. The van der Waals surface area contributed by atoms with Gasteiger partial charge in [0.1, 0.15) is 16.4 Å². The lowest BCUT2D eigenvalue weighted by Gasteiger charge is -2.44. The lowest BCUT2D eigenvalue weighted by atomic mass is 9.82. The van der Waals surface area contributed by atoms with Crippen LogP contribution in [-0.2, 0) is 0 Å². The molecule has 1 spiro atoms. The Morgan fingerprint density at radius 1 is 1.12 bits per heavy atom. The van der Waals surface area contributed by atoms with Crippen molar-refractivity contribution in [2.75, 3.05) is 18.0 Å². The summed E-state index contributed by atoms with van der Waals surface area (Å²) in [6.45, 7) is 7.77. The Labute approximate surface area is 145 Å². The van der Waals surface area contributed by atoms with Crippen LogP contribution in [0.4, 0.5) is 5.13 Å². The summed E-state index contributed by atoms with van der Waals surface area (Å²) < 4.78 is 6.38. The van der Waals surface area contributed by atoms with E-state index in [0.717, 1.165) is 52.9 Å². The minimum atomic E-state index is -0.359. The third-order valence-corrected chi connectivity index (χ3v) is 6.07. The van der Waals surface area contributed by atoms with Gasteiger partial charge in [-0.3, -0.25) is 4.79 Å². The molecule has 2 aliphatic rings. The Morgan fingerprint density at radius 3 is 2.50 bits per heavy atom. The summed E-state index contributed by atoms with van der Waals surface area (Å²) in [5.74, 6) is 0.967. The quantitative estimate of drug-likeness (QED) is 0.793. The minimum absolute atomic E-state index is 0.208. The summed E-state index contributed by atoms with van der Waals surface area (Å²) in [7, 11) is 0. The van der Waals surface area contributed by atoms with Crippen LogP contribution in [0.2, 0.25) is 0 Å². The average molecular weight is 343 g/mol. The lowest BCUT2D eigenvalue weighted by Crippen LogP contribution is -2.51. The standard InChI is InChI=1S/C18H21N3O2S/c1-11-8-14-15(22)10-18(23-16(14)9-12(11)2)4-6-21(7-5-18)17-20-19-13(3)24-17/h8-9H,4-7,10H2,1-3H3. The van der Waals surface area contributed by atoms with Gasteiger partial charge in [0.2, 0.25) is 5.13 Å². The topological polar surface area (TPSA) is 55.3 Å². The van der Waals surface area contributed by atoms with E-state index >= 15 is 0 Å². The van der Waals surface area contributed by atoms with Crippen LogP contribution in [0, 0.1) is 20.8 Å². The molecule has 2 aliphatic heterocycles. The number of ketones is 1. The predicted octanol–water partition coefficient (Wildman–Crippen LogP) is 3.47. The largest absolute Gasteiger partial charge is 0.486 e. The molecule has 1 fully saturated rings. The number of fused-ring (bicyclic) bond motifs is 1. The van der Waals surface area contributed by atoms with Gasteiger partial charge in [0.05, 0.1) is 12.0 Å². The first-order valence-electron chi connectivity index (χ1n) is 8.34. The number of ether oxygens (including phenoxy) is 1. The van der Waals surface area contributed by atoms with Gasteiger partial charge in [-0.2, -0.15) is 0 Å². The molecule has 0 unspecified atom stereocenters. The molecule has 126 valence electrons. The van der Waals surface area contributed by atoms with Gasteiger partial charge in [-0.1, -0.05) is 11.3 Å². The van der Waals surface area contributed by atoms with Gasteiger partial charge in [-0.15, -0.1) is 10.2 Å². The average Bonchev–Trinajstić information content (AvgIpc) is 2.97. The van der Waals surface area contributed by atoms with Crippen molar-refractivity contribution in [3.8, 4) is 5.75 Å². The van der Waals surface area contributed by atoms with Crippen LogP contribution >= 0.6 is 11.3 Å². The van der Waals surface area contributed by atoms with E-state index in [4.69, 9.17) is 4.74 Å². The fourth-order valence-electron chi connectivity index (χ4n) is 3.55. The predicted molar refractivity (Wildman–Crippen MR) is 94.3 cm³/mol. The van der Waals surface area contributed by atoms with Crippen molar-refractivity contribution in [3.63, 3.8) is 0 Å². The van der Waals surface area contributed by atoms with Crippen molar-refractivity contribution in [3.05, 3.63) is 33.8 Å². The van der Waals surface area contributed by atoms with E-state index in [2.05, 4.69) is 22.0 Å². The summed E-state index contributed by atoms with van der Waals surface area (Å²) in [6, 6.07) is 3.99. The summed E-state index contributed by atoms with van der Waals surface area (Å²) >= 11 is 1.62. The lowest BCUT2D eigenvalue weighted by molar-refractivity contribution is 0.0231. The second-order valence-electron chi connectivity index (χ2n) is 6.91. The second kappa shape index (κ2) is 5.55. The summed E-state index contributed by atoms with van der Waals surface area (Å²) in [4.78, 5) is 14.9. The van der Waals surface area contributed by atoms with Crippen LogP contribution in [0.15, 0.2) is 12.1 Å². The number of benzene rings is 1. The highest BCUT2D eigenvalue weighted by Crippen LogP contribution is 2.41. The number of carbonyl (C=O) groups is 1. The molecular weight excluding hydrogens is 322 g/mol. The molecule has 0 saturated carbocycles. The molecule has 0 radical (unpaired) electrons. The number of aryl methyl sites for hydroxylation is 3. The monoisotopic (exact) mass is 343 g/mol. The molecule has 0 amide bonds. The third-order valence-electron chi connectivity index (χ3n) is 5.17. The Kier molecular flexibility index (Phi) is 3.60. The van der Waals surface area contributed by atoms with E-state index in [1.54, 1.807) is 11.3 Å². The van der Waals surface area contributed by atoms with E-state index in [-0.39, 0.29) is 11.4 Å².